The van der Waals surface area contributed by atoms with Gasteiger partial charge in [0.15, 0.2) is 0 Å². The van der Waals surface area contributed by atoms with E-state index in [9.17, 15) is 14.4 Å². The van der Waals surface area contributed by atoms with Crippen LogP contribution < -0.4 is 5.32 Å². The van der Waals surface area contributed by atoms with Gasteiger partial charge in [-0.15, -0.1) is 0 Å². The van der Waals surface area contributed by atoms with Gasteiger partial charge < -0.3 is 10.2 Å². The second-order valence-corrected chi connectivity index (χ2v) is 5.98. The van der Waals surface area contributed by atoms with Gasteiger partial charge in [-0.1, -0.05) is 18.2 Å². The number of rotatable bonds is 1. The van der Waals surface area contributed by atoms with E-state index in [0.29, 0.717) is 31.5 Å². The largest absolute Gasteiger partial charge is 0.338 e. The average Bonchev–Trinajstić information content (AvgIpc) is 2.72. The van der Waals surface area contributed by atoms with Crippen LogP contribution in [-0.2, 0) is 4.79 Å². The lowest BCUT2D eigenvalue weighted by Gasteiger charge is -2.37. The summed E-state index contributed by atoms with van der Waals surface area (Å²) in [7, 11) is 1.48. The number of piperidine rings is 1. The van der Waals surface area contributed by atoms with Gasteiger partial charge in [0.1, 0.15) is 5.54 Å². The van der Waals surface area contributed by atoms with Gasteiger partial charge in [0, 0.05) is 25.7 Å². The van der Waals surface area contributed by atoms with Gasteiger partial charge >= 0.3 is 6.03 Å². The molecule has 1 spiro atoms. The van der Waals surface area contributed by atoms with Gasteiger partial charge in [0.25, 0.3) is 11.8 Å². The third-order valence-corrected chi connectivity index (χ3v) is 4.64. The molecule has 1 aromatic rings. The minimum Gasteiger partial charge on any atom is -0.338 e. The zero-order chi connectivity index (χ0) is 15.9. The molecule has 22 heavy (non-hydrogen) atoms. The summed E-state index contributed by atoms with van der Waals surface area (Å²) < 4.78 is 0. The first-order valence-electron chi connectivity index (χ1n) is 7.40. The van der Waals surface area contributed by atoms with Crippen LogP contribution in [0.15, 0.2) is 24.3 Å². The number of carbonyl (C=O) groups excluding carboxylic acids is 3. The number of carbonyl (C=O) groups is 3. The molecular formula is C16H19N3O3. The smallest absolute Gasteiger partial charge is 0.324 e. The normalized spacial score (nSPS) is 20.5. The molecule has 6 heteroatoms. The predicted octanol–water partition coefficient (Wildman–Crippen LogP) is 1.15. The van der Waals surface area contributed by atoms with Crippen LogP contribution in [0, 0.1) is 6.92 Å². The Hall–Kier alpha value is -2.37. The number of hydrogen-bond acceptors (Lipinski definition) is 3. The van der Waals surface area contributed by atoms with Crippen molar-refractivity contribution in [3.8, 4) is 0 Å². The van der Waals surface area contributed by atoms with Crippen molar-refractivity contribution >= 4 is 17.8 Å². The highest BCUT2D eigenvalue weighted by Gasteiger charge is 2.51. The third-order valence-electron chi connectivity index (χ3n) is 4.64. The minimum absolute atomic E-state index is 0.0157. The lowest BCUT2D eigenvalue weighted by Crippen LogP contribution is -2.55. The molecule has 1 aromatic carbocycles. The fourth-order valence-corrected chi connectivity index (χ4v) is 3.17. The van der Waals surface area contributed by atoms with Gasteiger partial charge in [-0.2, -0.15) is 0 Å². The molecule has 3 rings (SSSR count). The molecule has 2 fully saturated rings. The lowest BCUT2D eigenvalue weighted by atomic mass is 9.87. The summed E-state index contributed by atoms with van der Waals surface area (Å²) in [5.41, 5.74) is 0.809. The number of imide groups is 1. The molecule has 0 radical (unpaired) electrons. The van der Waals surface area contributed by atoms with Crippen molar-refractivity contribution in [3.63, 3.8) is 0 Å². The molecule has 116 valence electrons. The number of urea groups is 1. The van der Waals surface area contributed by atoms with Crippen LogP contribution in [0.1, 0.15) is 28.8 Å². The molecule has 2 aliphatic rings. The molecule has 0 aliphatic carbocycles. The van der Waals surface area contributed by atoms with Crippen LogP contribution in [0.2, 0.25) is 0 Å². The van der Waals surface area contributed by atoms with Crippen molar-refractivity contribution in [2.45, 2.75) is 25.3 Å². The minimum atomic E-state index is -0.825. The summed E-state index contributed by atoms with van der Waals surface area (Å²) in [6.07, 6.45) is 0.916. The maximum Gasteiger partial charge on any atom is 0.324 e. The number of likely N-dealkylation sites (N-methyl/N-ethyl adjacent to an activating group) is 1. The van der Waals surface area contributed by atoms with E-state index >= 15 is 0 Å². The van der Waals surface area contributed by atoms with Crippen LogP contribution in [0.5, 0.6) is 0 Å². The molecule has 0 aromatic heterocycles. The van der Waals surface area contributed by atoms with Crippen molar-refractivity contribution < 1.29 is 14.4 Å². The Bertz CT molecular complexity index is 648. The number of benzene rings is 1. The van der Waals surface area contributed by atoms with Crippen molar-refractivity contribution in [1.29, 1.82) is 0 Å². The zero-order valence-electron chi connectivity index (χ0n) is 12.8. The zero-order valence-corrected chi connectivity index (χ0v) is 12.8. The first-order chi connectivity index (χ1) is 10.4. The van der Waals surface area contributed by atoms with E-state index in [0.717, 1.165) is 10.5 Å². The Kier molecular flexibility index (Phi) is 3.39. The lowest BCUT2D eigenvalue weighted by molar-refractivity contribution is -0.131. The summed E-state index contributed by atoms with van der Waals surface area (Å²) in [6.45, 7) is 2.84. The fraction of sp³-hybridized carbons (Fsp3) is 0.438. The molecule has 0 bridgehead atoms. The number of nitrogens with zero attached hydrogens (tertiary/aromatic N) is 2. The van der Waals surface area contributed by atoms with Gasteiger partial charge in [-0.3, -0.25) is 14.5 Å². The number of amides is 4. The van der Waals surface area contributed by atoms with Crippen LogP contribution in [-0.4, -0.2) is 53.3 Å². The van der Waals surface area contributed by atoms with Crippen molar-refractivity contribution in [2.75, 3.05) is 20.1 Å². The number of aryl methyl sites for hydroxylation is 1. The van der Waals surface area contributed by atoms with E-state index < -0.39 is 5.54 Å². The average molecular weight is 301 g/mol. The second kappa shape index (κ2) is 5.12. The van der Waals surface area contributed by atoms with Crippen LogP contribution in [0.3, 0.4) is 0 Å². The molecule has 1 N–H and O–H groups in total. The van der Waals surface area contributed by atoms with Gasteiger partial charge in [0.05, 0.1) is 0 Å². The SMILES string of the molecule is Cc1ccccc1C(=O)N1CCC2(CC1)NC(=O)N(C)C2=O. The number of nitrogens with one attached hydrogen (secondary N) is 1. The predicted molar refractivity (Wildman–Crippen MR) is 80.3 cm³/mol. The standard InChI is InChI=1S/C16H19N3O3/c1-11-5-3-4-6-12(11)13(20)19-9-7-16(8-10-19)14(21)18(2)15(22)17-16/h3-6H,7-10H2,1-2H3,(H,17,22). The van der Waals surface area contributed by atoms with E-state index in [-0.39, 0.29) is 17.8 Å². The maximum atomic E-state index is 12.6. The summed E-state index contributed by atoms with van der Waals surface area (Å²) in [5, 5.41) is 2.78. The molecule has 0 unspecified atom stereocenters. The third kappa shape index (κ3) is 2.15. The Morgan fingerprint density at radius 3 is 2.36 bits per heavy atom. The van der Waals surface area contributed by atoms with Crippen LogP contribution >= 0.6 is 0 Å². The van der Waals surface area contributed by atoms with Gasteiger partial charge in [-0.25, -0.2) is 4.79 Å². The monoisotopic (exact) mass is 301 g/mol. The highest BCUT2D eigenvalue weighted by atomic mass is 16.2. The van der Waals surface area contributed by atoms with Crippen LogP contribution in [0.4, 0.5) is 4.79 Å². The first-order valence-corrected chi connectivity index (χ1v) is 7.40. The molecular weight excluding hydrogens is 282 g/mol. The molecule has 2 heterocycles. The summed E-state index contributed by atoms with van der Waals surface area (Å²) >= 11 is 0. The van der Waals surface area contributed by atoms with Crippen LogP contribution in [0.25, 0.3) is 0 Å². The van der Waals surface area contributed by atoms with Gasteiger partial charge in [0.2, 0.25) is 0 Å². The highest BCUT2D eigenvalue weighted by Crippen LogP contribution is 2.29. The van der Waals surface area contributed by atoms with Gasteiger partial charge in [-0.05, 0) is 31.4 Å². The summed E-state index contributed by atoms with van der Waals surface area (Å²) in [6, 6.07) is 7.12. The molecule has 4 amide bonds. The Morgan fingerprint density at radius 1 is 1.18 bits per heavy atom. The van der Waals surface area contributed by atoms with Crippen molar-refractivity contribution in [2.24, 2.45) is 0 Å². The topological polar surface area (TPSA) is 69.7 Å². The van der Waals surface area contributed by atoms with E-state index in [4.69, 9.17) is 0 Å². The molecule has 0 atom stereocenters. The fourth-order valence-electron chi connectivity index (χ4n) is 3.17. The van der Waals surface area contributed by atoms with Crippen molar-refractivity contribution in [3.05, 3.63) is 35.4 Å². The molecule has 0 saturated carbocycles. The Balaban J connectivity index is 1.73. The maximum absolute atomic E-state index is 12.6. The Morgan fingerprint density at radius 2 is 1.82 bits per heavy atom. The van der Waals surface area contributed by atoms with E-state index in [1.807, 2.05) is 31.2 Å². The van der Waals surface area contributed by atoms with E-state index in [1.165, 1.54) is 7.05 Å². The quantitative estimate of drug-likeness (QED) is 0.791. The summed E-state index contributed by atoms with van der Waals surface area (Å²) in [4.78, 5) is 39.3. The second-order valence-electron chi connectivity index (χ2n) is 5.98. The summed E-state index contributed by atoms with van der Waals surface area (Å²) in [5.74, 6) is -0.210. The first kappa shape index (κ1) is 14.6. The molecule has 6 nitrogen and oxygen atoms in total. The van der Waals surface area contributed by atoms with Crippen molar-refractivity contribution in [1.82, 2.24) is 15.1 Å². The van der Waals surface area contributed by atoms with E-state index in [2.05, 4.69) is 5.32 Å². The number of likely N-dealkylation sites (tertiary alicyclic amines) is 1. The molecule has 2 saturated heterocycles. The Labute approximate surface area is 129 Å². The van der Waals surface area contributed by atoms with E-state index in [1.54, 1.807) is 4.90 Å². The number of hydrogen-bond donors (Lipinski definition) is 1. The molecule has 2 aliphatic heterocycles. The highest BCUT2D eigenvalue weighted by molar-refractivity contribution is 6.07.